The van der Waals surface area contributed by atoms with Crippen molar-refractivity contribution in [2.75, 3.05) is 6.54 Å². The maximum Gasteiger partial charge on any atom is 0.323 e. The molecule has 0 aromatic carbocycles. The van der Waals surface area contributed by atoms with E-state index in [-0.39, 0.29) is 38.1 Å². The summed E-state index contributed by atoms with van der Waals surface area (Å²) in [6.45, 7) is 0.257. The number of alkyl halides is 2. The van der Waals surface area contributed by atoms with Gasteiger partial charge in [-0.05, 0) is 30.9 Å². The van der Waals surface area contributed by atoms with Gasteiger partial charge < -0.3 is 0 Å². The Balaban J connectivity index is 2.12. The Kier molecular flexibility index (Phi) is 2.69. The Morgan fingerprint density at radius 2 is 1.75 bits per heavy atom. The summed E-state index contributed by atoms with van der Waals surface area (Å²) in [6.07, 6.45) is 0.214. The summed E-state index contributed by atoms with van der Waals surface area (Å²) in [7, 11) is 0. The number of rotatable bonds is 0. The second-order valence-electron chi connectivity index (χ2n) is 4.60. The van der Waals surface area contributed by atoms with Crippen LogP contribution in [0.4, 0.5) is 13.6 Å². The van der Waals surface area contributed by atoms with Crippen LogP contribution in [0, 0.1) is 5.41 Å². The zero-order valence-corrected chi connectivity index (χ0v) is 9.40. The molecule has 1 aliphatic heterocycles. The lowest BCUT2D eigenvalue weighted by molar-refractivity contribution is -0.139. The van der Waals surface area contributed by atoms with Crippen LogP contribution in [-0.2, 0) is 4.79 Å². The molecule has 16 heavy (non-hydrogen) atoms. The van der Waals surface area contributed by atoms with Gasteiger partial charge in [-0.1, -0.05) is 0 Å². The highest BCUT2D eigenvalue weighted by Crippen LogP contribution is 2.49. The number of carbonyl (C=O) groups is 2. The Morgan fingerprint density at radius 3 is 2.19 bits per heavy atom. The first kappa shape index (κ1) is 11.8. The predicted molar refractivity (Wildman–Crippen MR) is 53.4 cm³/mol. The zero-order valence-electron chi connectivity index (χ0n) is 8.64. The van der Waals surface area contributed by atoms with E-state index in [1.54, 1.807) is 0 Å². The molecule has 1 aliphatic carbocycles. The fourth-order valence-corrected chi connectivity index (χ4v) is 2.71. The molecule has 1 heterocycles. The van der Waals surface area contributed by atoms with Gasteiger partial charge in [0, 0.05) is 19.4 Å². The normalized spacial score (nSPS) is 27.4. The van der Waals surface area contributed by atoms with Crippen molar-refractivity contribution in [3.05, 3.63) is 0 Å². The van der Waals surface area contributed by atoms with Gasteiger partial charge in [-0.3, -0.25) is 14.5 Å². The summed E-state index contributed by atoms with van der Waals surface area (Å²) in [6, 6.07) is 0. The van der Waals surface area contributed by atoms with E-state index in [1.165, 1.54) is 0 Å². The highest BCUT2D eigenvalue weighted by molar-refractivity contribution is 6.64. The summed E-state index contributed by atoms with van der Waals surface area (Å²) in [4.78, 5) is 23.8. The van der Waals surface area contributed by atoms with Crippen LogP contribution in [0.15, 0.2) is 0 Å². The van der Waals surface area contributed by atoms with Gasteiger partial charge in [0.25, 0.3) is 0 Å². The van der Waals surface area contributed by atoms with E-state index in [2.05, 4.69) is 0 Å². The van der Waals surface area contributed by atoms with Gasteiger partial charge >= 0.3 is 5.37 Å². The first-order chi connectivity index (χ1) is 7.36. The number of nitrogens with zero attached hydrogens (tertiary/aromatic N) is 1. The van der Waals surface area contributed by atoms with Gasteiger partial charge in [-0.25, -0.2) is 8.78 Å². The Hall–Kier alpha value is -0.710. The average molecular weight is 252 g/mol. The monoisotopic (exact) mass is 251 g/mol. The molecule has 2 rings (SSSR count). The van der Waals surface area contributed by atoms with Crippen molar-refractivity contribution in [3.8, 4) is 0 Å². The second-order valence-corrected chi connectivity index (χ2v) is 4.92. The van der Waals surface area contributed by atoms with Gasteiger partial charge in [0.05, 0.1) is 5.41 Å². The molecule has 1 saturated carbocycles. The molecule has 3 nitrogen and oxygen atoms in total. The highest BCUT2D eigenvalue weighted by atomic mass is 35.5. The Morgan fingerprint density at radius 1 is 1.19 bits per heavy atom. The third kappa shape index (κ3) is 1.81. The molecule has 0 bridgehead atoms. The van der Waals surface area contributed by atoms with Crippen LogP contribution in [0.5, 0.6) is 0 Å². The number of imide groups is 1. The molecular formula is C10H12ClF2NO2. The lowest BCUT2D eigenvalue weighted by Gasteiger charge is -2.35. The van der Waals surface area contributed by atoms with E-state index in [1.807, 2.05) is 0 Å². The minimum Gasteiger partial charge on any atom is -0.274 e. The highest BCUT2D eigenvalue weighted by Gasteiger charge is 2.53. The smallest absolute Gasteiger partial charge is 0.274 e. The van der Waals surface area contributed by atoms with Crippen LogP contribution in [0.1, 0.15) is 32.1 Å². The standard InChI is InChI=1S/C10H12ClF2NO2/c11-8(16)14-6-5-9(7(14)15)1-3-10(12,13)4-2-9/h1-6H2. The number of hydrogen-bond acceptors (Lipinski definition) is 2. The van der Waals surface area contributed by atoms with Crippen molar-refractivity contribution in [1.82, 2.24) is 4.90 Å². The molecule has 1 spiro atoms. The summed E-state index contributed by atoms with van der Waals surface area (Å²) in [5.41, 5.74) is -0.758. The summed E-state index contributed by atoms with van der Waals surface area (Å²) >= 11 is 5.26. The molecule has 0 aromatic heterocycles. The molecule has 0 unspecified atom stereocenters. The average Bonchev–Trinajstić information content (AvgIpc) is 2.50. The van der Waals surface area contributed by atoms with Crippen LogP contribution < -0.4 is 0 Å². The molecule has 0 atom stereocenters. The van der Waals surface area contributed by atoms with E-state index in [9.17, 15) is 18.4 Å². The Bertz CT molecular complexity index is 336. The Labute approximate surface area is 96.7 Å². The van der Waals surface area contributed by atoms with Crippen LogP contribution >= 0.6 is 11.6 Å². The SMILES string of the molecule is O=C(Cl)N1CCC2(CCC(F)(F)CC2)C1=O. The molecule has 2 fully saturated rings. The number of carbonyl (C=O) groups excluding carboxylic acids is 2. The first-order valence-corrected chi connectivity index (χ1v) is 5.63. The molecule has 6 heteroatoms. The van der Waals surface area contributed by atoms with Crippen molar-refractivity contribution in [3.63, 3.8) is 0 Å². The van der Waals surface area contributed by atoms with Crippen molar-refractivity contribution >= 4 is 22.9 Å². The van der Waals surface area contributed by atoms with Crippen LogP contribution in [0.3, 0.4) is 0 Å². The van der Waals surface area contributed by atoms with E-state index in [0.717, 1.165) is 4.90 Å². The quantitative estimate of drug-likeness (QED) is 0.490. The molecule has 2 aliphatic rings. The van der Waals surface area contributed by atoms with E-state index < -0.39 is 16.7 Å². The fourth-order valence-electron chi connectivity index (χ4n) is 2.55. The fraction of sp³-hybridized carbons (Fsp3) is 0.800. The maximum absolute atomic E-state index is 13.0. The maximum atomic E-state index is 13.0. The zero-order chi connectivity index (χ0) is 12.0. The minimum absolute atomic E-state index is 0.152. The van der Waals surface area contributed by atoms with Gasteiger partial charge in [0.15, 0.2) is 0 Å². The largest absolute Gasteiger partial charge is 0.323 e. The topological polar surface area (TPSA) is 37.4 Å². The number of halogens is 3. The van der Waals surface area contributed by atoms with Crippen LogP contribution in [0.25, 0.3) is 0 Å². The van der Waals surface area contributed by atoms with Crippen LogP contribution in [-0.4, -0.2) is 28.6 Å². The van der Waals surface area contributed by atoms with Crippen molar-refractivity contribution < 1.29 is 18.4 Å². The first-order valence-electron chi connectivity index (χ1n) is 5.26. The van der Waals surface area contributed by atoms with Crippen molar-refractivity contribution in [2.45, 2.75) is 38.0 Å². The predicted octanol–water partition coefficient (Wildman–Crippen LogP) is 2.77. The summed E-state index contributed by atoms with van der Waals surface area (Å²) < 4.78 is 26.0. The summed E-state index contributed by atoms with van der Waals surface area (Å²) in [5, 5.41) is -0.806. The van der Waals surface area contributed by atoms with Crippen molar-refractivity contribution in [2.24, 2.45) is 5.41 Å². The lowest BCUT2D eigenvalue weighted by Crippen LogP contribution is -2.40. The molecule has 0 N–H and O–H groups in total. The molecule has 0 aromatic rings. The van der Waals surface area contributed by atoms with E-state index in [4.69, 9.17) is 11.6 Å². The molecule has 90 valence electrons. The van der Waals surface area contributed by atoms with Gasteiger partial charge in [0.1, 0.15) is 0 Å². The molecule has 2 amide bonds. The summed E-state index contributed by atoms with van der Waals surface area (Å²) in [5.74, 6) is -3.03. The van der Waals surface area contributed by atoms with E-state index >= 15 is 0 Å². The third-order valence-corrected chi connectivity index (χ3v) is 3.87. The second kappa shape index (κ2) is 3.65. The van der Waals surface area contributed by atoms with E-state index in [0.29, 0.717) is 6.42 Å². The van der Waals surface area contributed by atoms with Crippen molar-refractivity contribution in [1.29, 1.82) is 0 Å². The molecule has 1 saturated heterocycles. The van der Waals surface area contributed by atoms with Gasteiger partial charge in [0.2, 0.25) is 11.8 Å². The third-order valence-electron chi connectivity index (χ3n) is 3.66. The van der Waals surface area contributed by atoms with Gasteiger partial charge in [-0.15, -0.1) is 0 Å². The van der Waals surface area contributed by atoms with Crippen LogP contribution in [0.2, 0.25) is 0 Å². The van der Waals surface area contributed by atoms with Gasteiger partial charge in [-0.2, -0.15) is 0 Å². The minimum atomic E-state index is -2.66. The number of likely N-dealkylation sites (tertiary alicyclic amines) is 1. The molecule has 0 radical (unpaired) electrons. The lowest BCUT2D eigenvalue weighted by atomic mass is 9.72. The number of hydrogen-bond donors (Lipinski definition) is 0. The number of amides is 2. The molecular weight excluding hydrogens is 240 g/mol.